The normalized spacial score (nSPS) is 15.4. The van der Waals surface area contributed by atoms with Crippen LogP contribution in [0.1, 0.15) is 17.0 Å². The zero-order valence-corrected chi connectivity index (χ0v) is 12.0. The van der Waals surface area contributed by atoms with Gasteiger partial charge in [0.05, 0.1) is 17.0 Å². The molecular weight excluding hydrogens is 280 g/mol. The average molecular weight is 294 g/mol. The Kier molecular flexibility index (Phi) is 3.63. The van der Waals surface area contributed by atoms with E-state index in [9.17, 15) is 4.79 Å². The van der Waals surface area contributed by atoms with E-state index >= 15 is 0 Å². The van der Waals surface area contributed by atoms with Crippen LogP contribution in [0.25, 0.3) is 9.88 Å². The maximum Gasteiger partial charge on any atom is 0.304 e. The second kappa shape index (κ2) is 5.40. The van der Waals surface area contributed by atoms with Gasteiger partial charge < -0.3 is 5.11 Å². The molecule has 1 N–H and O–H groups in total. The van der Waals surface area contributed by atoms with E-state index in [0.717, 1.165) is 24.5 Å². The summed E-state index contributed by atoms with van der Waals surface area (Å²) in [5.41, 5.74) is 1.19. The van der Waals surface area contributed by atoms with Crippen molar-refractivity contribution < 1.29 is 9.90 Å². The van der Waals surface area contributed by atoms with E-state index in [0.29, 0.717) is 6.54 Å². The highest BCUT2D eigenvalue weighted by Gasteiger charge is 2.21. The lowest BCUT2D eigenvalue weighted by atomic mass is 10.2. The first-order valence-corrected chi connectivity index (χ1v) is 7.88. The summed E-state index contributed by atoms with van der Waals surface area (Å²) >= 11 is 3.45. The molecule has 1 aliphatic rings. The van der Waals surface area contributed by atoms with Gasteiger partial charge in [-0.15, -0.1) is 22.7 Å². The molecule has 0 unspecified atom stereocenters. The van der Waals surface area contributed by atoms with Gasteiger partial charge in [0.15, 0.2) is 0 Å². The molecule has 0 aliphatic carbocycles. The third-order valence-electron chi connectivity index (χ3n) is 3.18. The molecule has 0 atom stereocenters. The third kappa shape index (κ3) is 2.86. The molecule has 0 radical (unpaired) electrons. The summed E-state index contributed by atoms with van der Waals surface area (Å²) in [6.45, 7) is 2.38. The van der Waals surface area contributed by atoms with Crippen molar-refractivity contribution in [2.75, 3.05) is 13.1 Å². The minimum absolute atomic E-state index is 0.214. The molecule has 0 bridgehead atoms. The lowest BCUT2D eigenvalue weighted by molar-refractivity contribution is -0.137. The highest BCUT2D eigenvalue weighted by Crippen LogP contribution is 2.33. The van der Waals surface area contributed by atoms with Crippen molar-refractivity contribution in [1.29, 1.82) is 0 Å². The Morgan fingerprint density at radius 1 is 1.53 bits per heavy atom. The molecular formula is C13H14N2O2S2. The van der Waals surface area contributed by atoms with E-state index in [1.807, 2.05) is 6.07 Å². The predicted molar refractivity (Wildman–Crippen MR) is 76.7 cm³/mol. The first kappa shape index (κ1) is 12.8. The largest absolute Gasteiger partial charge is 0.481 e. The molecule has 0 saturated carbocycles. The van der Waals surface area contributed by atoms with Gasteiger partial charge in [-0.3, -0.25) is 9.69 Å². The minimum atomic E-state index is -0.727. The predicted octanol–water partition coefficient (Wildman–Crippen LogP) is 2.70. The van der Waals surface area contributed by atoms with Gasteiger partial charge in [0.2, 0.25) is 0 Å². The van der Waals surface area contributed by atoms with Crippen molar-refractivity contribution in [2.45, 2.75) is 19.4 Å². The quantitative estimate of drug-likeness (QED) is 0.942. The number of hydrogen-bond acceptors (Lipinski definition) is 5. The Hall–Kier alpha value is -1.24. The summed E-state index contributed by atoms with van der Waals surface area (Å²) in [7, 11) is 0. The molecule has 0 amide bonds. The zero-order chi connectivity index (χ0) is 13.2. The number of thiophene rings is 1. The zero-order valence-electron chi connectivity index (χ0n) is 10.3. The standard InChI is InChI=1S/C13H14N2O2S2/c16-12(17)4-6-15-5-3-9-11(8-15)19-13(14-9)10-2-1-7-18-10/h1-2,7H,3-6,8H2,(H,16,17). The maximum absolute atomic E-state index is 10.6. The van der Waals surface area contributed by atoms with E-state index < -0.39 is 5.97 Å². The molecule has 3 heterocycles. The van der Waals surface area contributed by atoms with Gasteiger partial charge in [0.1, 0.15) is 5.01 Å². The topological polar surface area (TPSA) is 53.4 Å². The summed E-state index contributed by atoms with van der Waals surface area (Å²) in [5, 5.41) is 11.9. The molecule has 0 spiro atoms. The molecule has 19 heavy (non-hydrogen) atoms. The van der Waals surface area contributed by atoms with Crippen molar-refractivity contribution in [3.63, 3.8) is 0 Å². The Morgan fingerprint density at radius 2 is 2.42 bits per heavy atom. The second-order valence-corrected chi connectivity index (χ2v) is 6.57. The molecule has 4 nitrogen and oxygen atoms in total. The fourth-order valence-electron chi connectivity index (χ4n) is 2.20. The lowest BCUT2D eigenvalue weighted by Gasteiger charge is -2.24. The maximum atomic E-state index is 10.6. The van der Waals surface area contributed by atoms with E-state index in [1.54, 1.807) is 22.7 Å². The third-order valence-corrected chi connectivity index (χ3v) is 5.31. The molecule has 0 aromatic carbocycles. The SMILES string of the molecule is O=C(O)CCN1CCc2nc(-c3cccs3)sc2C1. The number of carbonyl (C=O) groups is 1. The number of fused-ring (bicyclic) bond motifs is 1. The van der Waals surface area contributed by atoms with Crippen molar-refractivity contribution in [3.05, 3.63) is 28.1 Å². The van der Waals surface area contributed by atoms with Crippen LogP contribution in [0.3, 0.4) is 0 Å². The number of hydrogen-bond donors (Lipinski definition) is 1. The van der Waals surface area contributed by atoms with Crippen LogP contribution in [0.4, 0.5) is 0 Å². The molecule has 0 fully saturated rings. The number of carboxylic acids is 1. The molecule has 0 saturated heterocycles. The summed E-state index contributed by atoms with van der Waals surface area (Å²) in [5.74, 6) is -0.727. The van der Waals surface area contributed by atoms with Crippen LogP contribution in [-0.2, 0) is 17.8 Å². The fraction of sp³-hybridized carbons (Fsp3) is 0.385. The highest BCUT2D eigenvalue weighted by molar-refractivity contribution is 7.21. The summed E-state index contributed by atoms with van der Waals surface area (Å²) in [6, 6.07) is 4.14. The van der Waals surface area contributed by atoms with Crippen LogP contribution in [-0.4, -0.2) is 34.0 Å². The van der Waals surface area contributed by atoms with Crippen molar-refractivity contribution in [2.24, 2.45) is 0 Å². The van der Waals surface area contributed by atoms with Gasteiger partial charge in [-0.25, -0.2) is 4.98 Å². The number of aromatic nitrogens is 1. The van der Waals surface area contributed by atoms with Gasteiger partial charge in [-0.05, 0) is 11.4 Å². The number of aliphatic carboxylic acids is 1. The summed E-state index contributed by atoms with van der Waals surface area (Å²) in [4.78, 5) is 20.0. The van der Waals surface area contributed by atoms with E-state index in [4.69, 9.17) is 10.1 Å². The van der Waals surface area contributed by atoms with Gasteiger partial charge in [-0.1, -0.05) is 6.07 Å². The van der Waals surface area contributed by atoms with Crippen molar-refractivity contribution in [1.82, 2.24) is 9.88 Å². The Bertz CT molecular complexity index is 577. The van der Waals surface area contributed by atoms with Crippen LogP contribution in [0, 0.1) is 0 Å². The van der Waals surface area contributed by atoms with Crippen molar-refractivity contribution >= 4 is 28.6 Å². The number of carboxylic acid groups (broad SMARTS) is 1. The molecule has 6 heteroatoms. The smallest absolute Gasteiger partial charge is 0.304 e. The van der Waals surface area contributed by atoms with E-state index in [1.165, 1.54) is 15.4 Å². The van der Waals surface area contributed by atoms with Crippen LogP contribution >= 0.6 is 22.7 Å². The number of thiazole rings is 1. The molecule has 2 aromatic rings. The Balaban J connectivity index is 1.73. The van der Waals surface area contributed by atoms with Crippen LogP contribution in [0.2, 0.25) is 0 Å². The van der Waals surface area contributed by atoms with Crippen LogP contribution in [0.5, 0.6) is 0 Å². The van der Waals surface area contributed by atoms with Crippen LogP contribution < -0.4 is 0 Å². The van der Waals surface area contributed by atoms with Gasteiger partial charge in [-0.2, -0.15) is 0 Å². The van der Waals surface area contributed by atoms with Gasteiger partial charge in [0, 0.05) is 30.9 Å². The average Bonchev–Trinajstić information content (AvgIpc) is 3.04. The second-order valence-electron chi connectivity index (χ2n) is 4.54. The molecule has 1 aliphatic heterocycles. The summed E-state index contributed by atoms with van der Waals surface area (Å²) in [6.07, 6.45) is 1.14. The van der Waals surface area contributed by atoms with Gasteiger partial charge in [0.25, 0.3) is 0 Å². The number of rotatable bonds is 4. The fourth-order valence-corrected chi connectivity index (χ4v) is 4.15. The van der Waals surface area contributed by atoms with Crippen LogP contribution in [0.15, 0.2) is 17.5 Å². The summed E-state index contributed by atoms with van der Waals surface area (Å²) < 4.78 is 0. The molecule has 3 rings (SSSR count). The monoisotopic (exact) mass is 294 g/mol. The van der Waals surface area contributed by atoms with E-state index in [-0.39, 0.29) is 6.42 Å². The molecule has 2 aromatic heterocycles. The Labute approximate surface area is 119 Å². The highest BCUT2D eigenvalue weighted by atomic mass is 32.1. The Morgan fingerprint density at radius 3 is 3.16 bits per heavy atom. The number of nitrogens with zero attached hydrogens (tertiary/aromatic N) is 2. The van der Waals surface area contributed by atoms with E-state index in [2.05, 4.69) is 16.3 Å². The van der Waals surface area contributed by atoms with Crippen molar-refractivity contribution in [3.8, 4) is 9.88 Å². The first-order valence-electron chi connectivity index (χ1n) is 6.19. The molecule has 100 valence electrons. The lowest BCUT2D eigenvalue weighted by Crippen LogP contribution is -2.31. The minimum Gasteiger partial charge on any atom is -0.481 e. The first-order chi connectivity index (χ1) is 9.22. The van der Waals surface area contributed by atoms with Gasteiger partial charge >= 0.3 is 5.97 Å².